The Morgan fingerprint density at radius 2 is 2.33 bits per heavy atom. The van der Waals surface area contributed by atoms with Crippen LogP contribution in [0.4, 0.5) is 0 Å². The topological polar surface area (TPSA) is 71.2 Å². The number of benzene rings is 1. The largest absolute Gasteiger partial charge is 0.381 e. The number of halogens is 1. The van der Waals surface area contributed by atoms with Crippen LogP contribution in [-0.2, 0) is 4.74 Å². The first kappa shape index (κ1) is 16.7. The van der Waals surface area contributed by atoms with Crippen molar-refractivity contribution in [3.8, 4) is 0 Å². The molecule has 24 heavy (non-hydrogen) atoms. The van der Waals surface area contributed by atoms with Crippen LogP contribution in [0.5, 0.6) is 0 Å². The molecule has 0 saturated carbocycles. The molecule has 2 saturated heterocycles. The van der Waals surface area contributed by atoms with Gasteiger partial charge in [-0.3, -0.25) is 0 Å². The van der Waals surface area contributed by atoms with E-state index in [1.807, 2.05) is 35.4 Å². The minimum absolute atomic E-state index is 0.380. The second-order valence-electron chi connectivity index (χ2n) is 5.88. The average Bonchev–Trinajstić information content (AvgIpc) is 3.17. The Kier molecular flexibility index (Phi) is 5.32. The van der Waals surface area contributed by atoms with E-state index in [4.69, 9.17) is 16.3 Å². The predicted octanol–water partition coefficient (Wildman–Crippen LogP) is 2.51. The van der Waals surface area contributed by atoms with Crippen LogP contribution in [0, 0.1) is 16.0 Å². The highest BCUT2D eigenvalue weighted by atomic mass is 35.5. The standard InChI is InChI=1S/C16H19ClN4O3/c17-15-3-1-2-13(10-15)4-6-19-7-8-20(16(19)18-21(22)23)11-14-5-9-24-12-14/h1-4,6,10,14H,5,7-9,11-12H2. The maximum atomic E-state index is 10.9. The van der Waals surface area contributed by atoms with Crippen LogP contribution in [0.15, 0.2) is 35.6 Å². The van der Waals surface area contributed by atoms with Crippen molar-refractivity contribution in [2.75, 3.05) is 32.8 Å². The Labute approximate surface area is 145 Å². The zero-order valence-corrected chi connectivity index (χ0v) is 13.9. The van der Waals surface area contributed by atoms with Crippen LogP contribution < -0.4 is 0 Å². The SMILES string of the molecule is O=[N+]([O-])N=C1N(C=Cc2cccc(Cl)c2)CCN1CC1CCOC1. The van der Waals surface area contributed by atoms with Gasteiger partial charge in [0.25, 0.3) is 5.96 Å². The van der Waals surface area contributed by atoms with Gasteiger partial charge in [-0.1, -0.05) is 23.7 Å². The van der Waals surface area contributed by atoms with Crippen molar-refractivity contribution >= 4 is 23.6 Å². The number of guanidine groups is 1. The van der Waals surface area contributed by atoms with E-state index in [1.54, 1.807) is 11.0 Å². The number of rotatable bonds is 5. The molecule has 0 amide bonds. The van der Waals surface area contributed by atoms with Crippen molar-refractivity contribution < 1.29 is 9.77 Å². The summed E-state index contributed by atoms with van der Waals surface area (Å²) in [6, 6.07) is 7.44. The maximum absolute atomic E-state index is 10.9. The van der Waals surface area contributed by atoms with Crippen LogP contribution in [-0.4, -0.2) is 53.6 Å². The number of hydrogen-bond acceptors (Lipinski definition) is 3. The summed E-state index contributed by atoms with van der Waals surface area (Å²) in [5.41, 5.74) is 0.936. The highest BCUT2D eigenvalue weighted by Crippen LogP contribution is 2.19. The third-order valence-electron chi connectivity index (χ3n) is 4.12. The Bertz CT molecular complexity index is 658. The van der Waals surface area contributed by atoms with Crippen molar-refractivity contribution in [1.82, 2.24) is 9.80 Å². The van der Waals surface area contributed by atoms with Crippen molar-refractivity contribution in [2.24, 2.45) is 11.0 Å². The highest BCUT2D eigenvalue weighted by Gasteiger charge is 2.31. The van der Waals surface area contributed by atoms with Crippen LogP contribution in [0.3, 0.4) is 0 Å². The van der Waals surface area contributed by atoms with E-state index >= 15 is 0 Å². The maximum Gasteiger partial charge on any atom is 0.278 e. The van der Waals surface area contributed by atoms with E-state index in [-0.39, 0.29) is 0 Å². The summed E-state index contributed by atoms with van der Waals surface area (Å²) in [6.07, 6.45) is 4.68. The summed E-state index contributed by atoms with van der Waals surface area (Å²) in [7, 11) is 0. The summed E-state index contributed by atoms with van der Waals surface area (Å²) >= 11 is 5.98. The van der Waals surface area contributed by atoms with Crippen LogP contribution in [0.25, 0.3) is 6.08 Å². The molecular weight excluding hydrogens is 332 g/mol. The van der Waals surface area contributed by atoms with Crippen LogP contribution in [0.1, 0.15) is 12.0 Å². The number of nitrogens with zero attached hydrogens (tertiary/aromatic N) is 4. The summed E-state index contributed by atoms with van der Waals surface area (Å²) in [6.45, 7) is 3.58. The first-order valence-electron chi connectivity index (χ1n) is 7.88. The van der Waals surface area contributed by atoms with E-state index in [1.165, 1.54) is 0 Å². The fraction of sp³-hybridized carbons (Fsp3) is 0.438. The molecule has 0 aromatic heterocycles. The first-order valence-corrected chi connectivity index (χ1v) is 8.26. The molecule has 0 radical (unpaired) electrons. The third-order valence-corrected chi connectivity index (χ3v) is 4.35. The molecule has 8 heteroatoms. The first-order chi connectivity index (χ1) is 11.6. The molecular formula is C16H19ClN4O3. The van der Waals surface area contributed by atoms with E-state index in [9.17, 15) is 10.1 Å². The van der Waals surface area contributed by atoms with Gasteiger partial charge in [0.2, 0.25) is 0 Å². The van der Waals surface area contributed by atoms with Gasteiger partial charge in [-0.25, -0.2) is 10.1 Å². The number of hydrazone groups is 1. The van der Waals surface area contributed by atoms with Gasteiger partial charge in [0, 0.05) is 43.4 Å². The van der Waals surface area contributed by atoms with Gasteiger partial charge in [0.15, 0.2) is 5.03 Å². The lowest BCUT2D eigenvalue weighted by molar-refractivity contribution is -0.486. The monoisotopic (exact) mass is 350 g/mol. The van der Waals surface area contributed by atoms with Crippen molar-refractivity contribution in [1.29, 1.82) is 0 Å². The zero-order valence-electron chi connectivity index (χ0n) is 13.2. The second kappa shape index (κ2) is 7.63. The van der Waals surface area contributed by atoms with Crippen molar-refractivity contribution in [3.63, 3.8) is 0 Å². The fourth-order valence-corrected chi connectivity index (χ4v) is 3.14. The van der Waals surface area contributed by atoms with Gasteiger partial charge in [0.1, 0.15) is 5.10 Å². The van der Waals surface area contributed by atoms with Crippen LogP contribution >= 0.6 is 11.6 Å². The molecule has 1 aromatic rings. The van der Waals surface area contributed by atoms with Gasteiger partial charge in [-0.15, -0.1) is 0 Å². The molecule has 2 heterocycles. The van der Waals surface area contributed by atoms with Gasteiger partial charge in [-0.2, -0.15) is 0 Å². The molecule has 1 unspecified atom stereocenters. The van der Waals surface area contributed by atoms with Gasteiger partial charge >= 0.3 is 0 Å². The molecule has 1 aromatic carbocycles. The average molecular weight is 351 g/mol. The van der Waals surface area contributed by atoms with Crippen LogP contribution in [0.2, 0.25) is 5.02 Å². The summed E-state index contributed by atoms with van der Waals surface area (Å²) in [5, 5.41) is 14.5. The molecule has 2 fully saturated rings. The van der Waals surface area contributed by atoms with Crippen molar-refractivity contribution in [2.45, 2.75) is 6.42 Å². The molecule has 0 N–H and O–H groups in total. The summed E-state index contributed by atoms with van der Waals surface area (Å²) in [5.74, 6) is 0.781. The number of ether oxygens (including phenoxy) is 1. The Hall–Kier alpha value is -2.12. The second-order valence-corrected chi connectivity index (χ2v) is 6.31. The van der Waals surface area contributed by atoms with E-state index in [0.717, 1.165) is 25.1 Å². The molecule has 2 aliphatic heterocycles. The zero-order chi connectivity index (χ0) is 16.9. The molecule has 0 aliphatic carbocycles. The van der Waals surface area contributed by atoms with E-state index in [0.29, 0.717) is 36.6 Å². The fourth-order valence-electron chi connectivity index (χ4n) is 2.94. The van der Waals surface area contributed by atoms with Gasteiger partial charge in [-0.05, 0) is 30.2 Å². The lowest BCUT2D eigenvalue weighted by Gasteiger charge is -2.21. The number of nitro groups is 1. The minimum Gasteiger partial charge on any atom is -0.381 e. The molecule has 3 rings (SSSR count). The quantitative estimate of drug-likeness (QED) is 0.602. The lowest BCUT2D eigenvalue weighted by atomic mass is 10.1. The Morgan fingerprint density at radius 1 is 1.46 bits per heavy atom. The number of hydrogen-bond donors (Lipinski definition) is 0. The predicted molar refractivity (Wildman–Crippen MR) is 92.1 cm³/mol. The molecule has 1 atom stereocenters. The molecule has 7 nitrogen and oxygen atoms in total. The van der Waals surface area contributed by atoms with Gasteiger partial charge < -0.3 is 14.5 Å². The normalized spacial score (nSPS) is 22.9. The summed E-state index contributed by atoms with van der Waals surface area (Å²) in [4.78, 5) is 14.7. The third kappa shape index (κ3) is 4.24. The van der Waals surface area contributed by atoms with Gasteiger partial charge in [0.05, 0.1) is 6.61 Å². The van der Waals surface area contributed by atoms with E-state index < -0.39 is 5.03 Å². The summed E-state index contributed by atoms with van der Waals surface area (Å²) < 4.78 is 5.39. The highest BCUT2D eigenvalue weighted by molar-refractivity contribution is 6.30. The minimum atomic E-state index is -0.640. The van der Waals surface area contributed by atoms with E-state index in [2.05, 4.69) is 5.10 Å². The smallest absolute Gasteiger partial charge is 0.278 e. The Morgan fingerprint density at radius 3 is 3.04 bits per heavy atom. The molecule has 0 bridgehead atoms. The Balaban J connectivity index is 1.73. The molecule has 2 aliphatic rings. The lowest BCUT2D eigenvalue weighted by Crippen LogP contribution is -2.35. The molecule has 0 spiro atoms. The van der Waals surface area contributed by atoms with Crippen molar-refractivity contribution in [3.05, 3.63) is 51.2 Å². The molecule has 128 valence electrons.